The lowest BCUT2D eigenvalue weighted by Gasteiger charge is -2.16. The number of esters is 1. The van der Waals surface area contributed by atoms with Gasteiger partial charge in [-0.2, -0.15) is 0 Å². The first kappa shape index (κ1) is 28.1. The van der Waals surface area contributed by atoms with Crippen LogP contribution in [0.5, 0.6) is 11.5 Å². The van der Waals surface area contributed by atoms with E-state index in [0.29, 0.717) is 41.4 Å². The van der Waals surface area contributed by atoms with Gasteiger partial charge in [0.15, 0.2) is 35.8 Å². The van der Waals surface area contributed by atoms with Crippen molar-refractivity contribution >= 4 is 34.4 Å². The maximum absolute atomic E-state index is 12.6. The Morgan fingerprint density at radius 1 is 1.12 bits per heavy atom. The monoisotopic (exact) mass is 570 g/mol. The number of nitrogen functional groups attached to an aromatic ring is 1. The number of ether oxygens (including phenoxy) is 5. The number of benzene rings is 1. The zero-order valence-corrected chi connectivity index (χ0v) is 22.4. The average Bonchev–Trinajstić information content (AvgIpc) is 3.64. The van der Waals surface area contributed by atoms with Crippen molar-refractivity contribution in [1.29, 1.82) is 0 Å². The van der Waals surface area contributed by atoms with Crippen molar-refractivity contribution < 1.29 is 43.5 Å². The van der Waals surface area contributed by atoms with E-state index in [1.165, 1.54) is 17.2 Å². The van der Waals surface area contributed by atoms with E-state index in [1.54, 1.807) is 18.2 Å². The average molecular weight is 571 g/mol. The lowest BCUT2D eigenvalue weighted by Crippen LogP contribution is -2.40. The number of nitrogens with zero attached hydrogens (tertiary/aromatic N) is 4. The number of carbonyl (C=O) groups is 2. The molecule has 15 nitrogen and oxygen atoms in total. The Balaban J connectivity index is 1.21. The lowest BCUT2D eigenvalue weighted by molar-refractivity contribution is -0.134. The minimum Gasteiger partial charge on any atom is -0.490 e. The van der Waals surface area contributed by atoms with Crippen molar-refractivity contribution in [3.05, 3.63) is 42.2 Å². The van der Waals surface area contributed by atoms with Crippen LogP contribution >= 0.6 is 0 Å². The third-order valence-electron chi connectivity index (χ3n) is 6.53. The Hall–Kier alpha value is -4.47. The van der Waals surface area contributed by atoms with Gasteiger partial charge in [0, 0.05) is 6.54 Å². The number of cyclic esters (lactones) is 1. The molecule has 0 spiro atoms. The summed E-state index contributed by atoms with van der Waals surface area (Å²) >= 11 is 0. The molecule has 1 saturated heterocycles. The fraction of sp³-hybridized carbons (Fsp3) is 0.423. The summed E-state index contributed by atoms with van der Waals surface area (Å²) in [6.07, 6.45) is -1.97. The largest absolute Gasteiger partial charge is 0.490 e. The van der Waals surface area contributed by atoms with Gasteiger partial charge in [0.05, 0.1) is 19.5 Å². The zero-order valence-electron chi connectivity index (χ0n) is 22.4. The predicted octanol–water partition coefficient (Wildman–Crippen LogP) is -0.0740. The summed E-state index contributed by atoms with van der Waals surface area (Å²) in [6, 6.07) is 5.03. The van der Waals surface area contributed by atoms with Crippen molar-refractivity contribution in [3.63, 3.8) is 0 Å². The number of anilines is 1. The Labute approximate surface area is 233 Å². The van der Waals surface area contributed by atoms with E-state index in [9.17, 15) is 19.8 Å². The van der Waals surface area contributed by atoms with E-state index < -0.39 is 43.0 Å². The molecule has 15 heteroatoms. The second-order valence-corrected chi connectivity index (χ2v) is 9.12. The van der Waals surface area contributed by atoms with Crippen molar-refractivity contribution in [3.8, 4) is 11.5 Å². The second kappa shape index (κ2) is 12.0. The molecule has 4 atom stereocenters. The van der Waals surface area contributed by atoms with Crippen LogP contribution in [0.25, 0.3) is 16.7 Å². The molecule has 1 amide bonds. The van der Waals surface area contributed by atoms with E-state index in [0.717, 1.165) is 0 Å². The molecule has 0 bridgehead atoms. The number of imidazole rings is 1. The number of hydrogen-bond donors (Lipinski definition) is 4. The highest BCUT2D eigenvalue weighted by atomic mass is 16.6. The first-order chi connectivity index (χ1) is 19.8. The molecule has 1 fully saturated rings. The van der Waals surface area contributed by atoms with Gasteiger partial charge in [-0.15, -0.1) is 0 Å². The van der Waals surface area contributed by atoms with Gasteiger partial charge in [0.25, 0.3) is 5.91 Å². The second-order valence-electron chi connectivity index (χ2n) is 9.12. The van der Waals surface area contributed by atoms with E-state index in [4.69, 9.17) is 29.4 Å². The molecule has 5 N–H and O–H groups in total. The van der Waals surface area contributed by atoms with Crippen LogP contribution in [0.2, 0.25) is 0 Å². The topological polar surface area (TPSA) is 202 Å². The lowest BCUT2D eigenvalue weighted by atomic mass is 10.1. The summed E-state index contributed by atoms with van der Waals surface area (Å²) in [4.78, 5) is 37.2. The van der Waals surface area contributed by atoms with Gasteiger partial charge in [-0.25, -0.2) is 19.7 Å². The molecule has 0 unspecified atom stereocenters. The van der Waals surface area contributed by atoms with Crippen molar-refractivity contribution in [2.75, 3.05) is 38.7 Å². The predicted molar refractivity (Wildman–Crippen MR) is 141 cm³/mol. The number of aromatic nitrogens is 4. The molecule has 1 aromatic carbocycles. The third kappa shape index (κ3) is 5.59. The van der Waals surface area contributed by atoms with Crippen LogP contribution in [0.4, 0.5) is 5.82 Å². The first-order valence-corrected chi connectivity index (χ1v) is 13.0. The Morgan fingerprint density at radius 2 is 1.90 bits per heavy atom. The highest BCUT2D eigenvalue weighted by Gasteiger charge is 2.44. The number of carbonyl (C=O) groups excluding carboxylic acids is 2. The molecule has 0 saturated carbocycles. The number of amides is 1. The maximum Gasteiger partial charge on any atom is 0.342 e. The highest BCUT2D eigenvalue weighted by molar-refractivity contribution is 6.19. The van der Waals surface area contributed by atoms with E-state index >= 15 is 0 Å². The Kier molecular flexibility index (Phi) is 8.19. The van der Waals surface area contributed by atoms with Crippen LogP contribution in [0, 0.1) is 0 Å². The number of hydrogen-bond acceptors (Lipinski definition) is 13. The first-order valence-electron chi connectivity index (χ1n) is 13.0. The smallest absolute Gasteiger partial charge is 0.342 e. The van der Waals surface area contributed by atoms with Crippen LogP contribution in [-0.4, -0.2) is 92.9 Å². The number of aliphatic hydroxyl groups is 2. The van der Waals surface area contributed by atoms with Gasteiger partial charge in [0.1, 0.15) is 48.1 Å². The highest BCUT2D eigenvalue weighted by Crippen LogP contribution is 2.35. The summed E-state index contributed by atoms with van der Waals surface area (Å²) in [5, 5.41) is 23.8. The molecule has 3 aromatic rings. The molecular formula is C26H30N6O9. The molecular weight excluding hydrogens is 540 g/mol. The number of aliphatic hydroxyl groups excluding tert-OH is 2. The van der Waals surface area contributed by atoms with Gasteiger partial charge in [-0.3, -0.25) is 9.36 Å². The minimum absolute atomic E-state index is 0.126. The van der Waals surface area contributed by atoms with Gasteiger partial charge < -0.3 is 44.9 Å². The van der Waals surface area contributed by atoms with Crippen LogP contribution < -0.4 is 20.5 Å². The summed E-state index contributed by atoms with van der Waals surface area (Å²) in [5.41, 5.74) is 7.15. The minimum atomic E-state index is -1.33. The zero-order chi connectivity index (χ0) is 29.1. The SMILES string of the molecule is CCOc1ccc(C2=C(OCC(=O)NC[C@H]3O[C@@H](n4cnc5c(N)ncnc54)[C@H](O)[C@@H]3O)COC2=O)cc1OCC. The third-order valence-corrected chi connectivity index (χ3v) is 6.53. The van der Waals surface area contributed by atoms with Crippen molar-refractivity contribution in [1.82, 2.24) is 24.8 Å². The van der Waals surface area contributed by atoms with Crippen molar-refractivity contribution in [2.45, 2.75) is 38.4 Å². The number of rotatable bonds is 11. The molecule has 2 aromatic heterocycles. The molecule has 0 aliphatic carbocycles. The van der Waals surface area contributed by atoms with Crippen molar-refractivity contribution in [2.24, 2.45) is 0 Å². The molecule has 41 heavy (non-hydrogen) atoms. The normalized spacial score (nSPS) is 22.2. The summed E-state index contributed by atoms with van der Waals surface area (Å²) in [5.74, 6) is 0.225. The maximum atomic E-state index is 12.6. The molecule has 5 rings (SSSR count). The fourth-order valence-corrected chi connectivity index (χ4v) is 4.59. The fourth-order valence-electron chi connectivity index (χ4n) is 4.59. The Bertz CT molecular complexity index is 1470. The molecule has 218 valence electrons. The van der Waals surface area contributed by atoms with E-state index in [-0.39, 0.29) is 30.3 Å². The number of nitrogens with one attached hydrogen (secondary N) is 1. The van der Waals surface area contributed by atoms with Crippen LogP contribution in [-0.2, 0) is 23.8 Å². The molecule has 2 aliphatic heterocycles. The quantitative estimate of drug-likeness (QED) is 0.223. The summed E-state index contributed by atoms with van der Waals surface area (Å²) in [6.45, 7) is 3.84. The van der Waals surface area contributed by atoms with Crippen LogP contribution in [0.3, 0.4) is 0 Å². The standard InChI is InChI=1S/C26H30N6O9/c1-3-37-14-6-5-13(7-15(14)38-4-2)19-17(9-40-26(19)36)39-10-18(33)28-8-16-21(34)22(35)25(41-16)32-12-31-20-23(27)29-11-30-24(20)32/h5-7,11-12,16,21-22,25,34-35H,3-4,8-10H2,1-2H3,(H,28,33)(H2,27,29,30)/t16-,21-,22-,25-/m1/s1. The molecule has 4 heterocycles. The number of nitrogens with two attached hydrogens (primary N) is 1. The molecule has 2 aliphatic rings. The van der Waals surface area contributed by atoms with Gasteiger partial charge >= 0.3 is 5.97 Å². The van der Waals surface area contributed by atoms with Gasteiger partial charge in [-0.05, 0) is 31.5 Å². The van der Waals surface area contributed by atoms with Gasteiger partial charge in [-0.1, -0.05) is 6.07 Å². The van der Waals surface area contributed by atoms with Crippen LogP contribution in [0.15, 0.2) is 36.6 Å². The van der Waals surface area contributed by atoms with Crippen LogP contribution in [0.1, 0.15) is 25.6 Å². The molecule has 0 radical (unpaired) electrons. The van der Waals surface area contributed by atoms with E-state index in [2.05, 4.69) is 20.3 Å². The summed E-state index contributed by atoms with van der Waals surface area (Å²) in [7, 11) is 0. The number of fused-ring (bicyclic) bond motifs is 1. The summed E-state index contributed by atoms with van der Waals surface area (Å²) < 4.78 is 29.3. The Morgan fingerprint density at radius 3 is 2.68 bits per heavy atom. The van der Waals surface area contributed by atoms with E-state index in [1.807, 2.05) is 13.8 Å². The van der Waals surface area contributed by atoms with Gasteiger partial charge in [0.2, 0.25) is 0 Å².